The van der Waals surface area contributed by atoms with E-state index in [-0.39, 0.29) is 18.1 Å². The first-order chi connectivity index (χ1) is 12.9. The van der Waals surface area contributed by atoms with Crippen molar-refractivity contribution in [1.82, 2.24) is 10.3 Å². The van der Waals surface area contributed by atoms with Crippen LogP contribution in [0.4, 0.5) is 13.2 Å². The van der Waals surface area contributed by atoms with Crippen LogP contribution < -0.4 is 10.1 Å². The highest BCUT2D eigenvalue weighted by molar-refractivity contribution is 5.97. The van der Waals surface area contributed by atoms with Gasteiger partial charge in [-0.05, 0) is 42.5 Å². The van der Waals surface area contributed by atoms with E-state index in [1.807, 2.05) is 12.1 Å². The van der Waals surface area contributed by atoms with Gasteiger partial charge in [-0.2, -0.15) is 13.2 Å². The summed E-state index contributed by atoms with van der Waals surface area (Å²) in [5, 5.41) is 3.39. The molecule has 27 heavy (non-hydrogen) atoms. The molecule has 1 N–H and O–H groups in total. The number of hydrogen-bond acceptors (Lipinski definition) is 4. The monoisotopic (exact) mass is 378 g/mol. The summed E-state index contributed by atoms with van der Waals surface area (Å²) in [6.07, 6.45) is -0.625. The van der Waals surface area contributed by atoms with Gasteiger partial charge in [-0.15, -0.1) is 0 Å². The molecule has 4 nitrogen and oxygen atoms in total. The van der Waals surface area contributed by atoms with E-state index in [1.54, 1.807) is 0 Å². The third-order valence-corrected chi connectivity index (χ3v) is 4.55. The molecule has 0 aliphatic carbocycles. The van der Waals surface area contributed by atoms with Gasteiger partial charge in [-0.3, -0.25) is 4.79 Å². The van der Waals surface area contributed by atoms with Gasteiger partial charge < -0.3 is 10.1 Å². The van der Waals surface area contributed by atoms with Crippen LogP contribution in [0.1, 0.15) is 40.2 Å². The Morgan fingerprint density at radius 1 is 1.19 bits per heavy atom. The molecule has 1 atom stereocenters. The second-order valence-electron chi connectivity index (χ2n) is 6.67. The van der Waals surface area contributed by atoms with Crippen LogP contribution in [0.25, 0.3) is 0 Å². The minimum Gasteiger partial charge on any atom is -0.468 e. The fourth-order valence-electron chi connectivity index (χ4n) is 3.12. The largest absolute Gasteiger partial charge is 0.468 e. The van der Waals surface area contributed by atoms with Gasteiger partial charge in [0.25, 0.3) is 0 Å². The highest BCUT2D eigenvalue weighted by atomic mass is 19.4. The van der Waals surface area contributed by atoms with Crippen LogP contribution in [-0.4, -0.2) is 36.6 Å². The fourth-order valence-corrected chi connectivity index (χ4v) is 3.12. The maximum atomic E-state index is 12.4. The number of pyridine rings is 1. The zero-order chi connectivity index (χ0) is 19.3. The third-order valence-electron chi connectivity index (χ3n) is 4.55. The molecule has 0 spiro atoms. The van der Waals surface area contributed by atoms with E-state index in [0.717, 1.165) is 18.7 Å². The molecule has 1 saturated heterocycles. The van der Waals surface area contributed by atoms with Crippen molar-refractivity contribution in [3.05, 3.63) is 59.3 Å². The average molecular weight is 378 g/mol. The Balaban J connectivity index is 1.56. The number of piperidine rings is 1. The van der Waals surface area contributed by atoms with Crippen molar-refractivity contribution in [2.24, 2.45) is 0 Å². The van der Waals surface area contributed by atoms with Crippen LogP contribution in [0.3, 0.4) is 0 Å². The Hall–Kier alpha value is -2.41. The molecule has 144 valence electrons. The van der Waals surface area contributed by atoms with E-state index < -0.39 is 12.8 Å². The highest BCUT2D eigenvalue weighted by Crippen LogP contribution is 2.24. The quantitative estimate of drug-likeness (QED) is 0.775. The average Bonchev–Trinajstić information content (AvgIpc) is 2.67. The lowest BCUT2D eigenvalue weighted by Gasteiger charge is -2.23. The Bertz CT molecular complexity index is 752. The number of ether oxygens (including phenoxy) is 1. The maximum absolute atomic E-state index is 12.4. The SMILES string of the molecule is O=C(Cc1ccc([C@@H]2CCCNC2)cc1)c1ccc(OCC(F)(F)F)nc1. The summed E-state index contributed by atoms with van der Waals surface area (Å²) in [5.74, 6) is 0.211. The van der Waals surface area contributed by atoms with Crippen molar-refractivity contribution >= 4 is 5.78 Å². The van der Waals surface area contributed by atoms with Crippen LogP contribution in [0.15, 0.2) is 42.6 Å². The Morgan fingerprint density at radius 3 is 2.56 bits per heavy atom. The highest BCUT2D eigenvalue weighted by Gasteiger charge is 2.28. The summed E-state index contributed by atoms with van der Waals surface area (Å²) in [5.41, 5.74) is 2.51. The molecule has 3 rings (SSSR count). The van der Waals surface area contributed by atoms with Gasteiger partial charge in [-0.1, -0.05) is 24.3 Å². The van der Waals surface area contributed by atoms with Gasteiger partial charge in [0, 0.05) is 30.8 Å². The molecular weight excluding hydrogens is 357 g/mol. The smallest absolute Gasteiger partial charge is 0.422 e. The van der Waals surface area contributed by atoms with Crippen molar-refractivity contribution < 1.29 is 22.7 Å². The first kappa shape index (κ1) is 19.4. The van der Waals surface area contributed by atoms with Crippen LogP contribution in [-0.2, 0) is 6.42 Å². The maximum Gasteiger partial charge on any atom is 0.422 e. The molecule has 1 aliphatic heterocycles. The predicted molar refractivity (Wildman–Crippen MR) is 95.1 cm³/mol. The molecule has 7 heteroatoms. The van der Waals surface area contributed by atoms with Crippen molar-refractivity contribution in [2.75, 3.05) is 19.7 Å². The number of hydrogen-bond donors (Lipinski definition) is 1. The Morgan fingerprint density at radius 2 is 1.96 bits per heavy atom. The number of ketones is 1. The van der Waals surface area contributed by atoms with E-state index >= 15 is 0 Å². The number of alkyl halides is 3. The van der Waals surface area contributed by atoms with E-state index in [4.69, 9.17) is 0 Å². The van der Waals surface area contributed by atoms with Crippen LogP contribution >= 0.6 is 0 Å². The summed E-state index contributed by atoms with van der Waals surface area (Å²) in [7, 11) is 0. The molecule has 0 saturated carbocycles. The lowest BCUT2D eigenvalue weighted by atomic mass is 9.90. The number of nitrogens with one attached hydrogen (secondary N) is 1. The zero-order valence-electron chi connectivity index (χ0n) is 14.8. The van der Waals surface area contributed by atoms with E-state index in [0.29, 0.717) is 11.5 Å². The minimum absolute atomic E-state index is 0.142. The third kappa shape index (κ3) is 5.79. The molecule has 1 aromatic carbocycles. The van der Waals surface area contributed by atoms with Crippen molar-refractivity contribution in [2.45, 2.75) is 31.4 Å². The lowest BCUT2D eigenvalue weighted by molar-refractivity contribution is -0.154. The van der Waals surface area contributed by atoms with Gasteiger partial charge in [-0.25, -0.2) is 4.98 Å². The molecule has 1 fully saturated rings. The molecule has 1 aliphatic rings. The first-order valence-corrected chi connectivity index (χ1v) is 8.89. The van der Waals surface area contributed by atoms with Crippen LogP contribution in [0.2, 0.25) is 0 Å². The van der Waals surface area contributed by atoms with Gasteiger partial charge in [0.2, 0.25) is 5.88 Å². The second kappa shape index (κ2) is 8.52. The molecule has 0 amide bonds. The number of rotatable bonds is 6. The summed E-state index contributed by atoms with van der Waals surface area (Å²) >= 11 is 0. The van der Waals surface area contributed by atoms with E-state index in [9.17, 15) is 18.0 Å². The number of Topliss-reactive ketones (excluding diaryl/α,β-unsaturated/α-hetero) is 1. The van der Waals surface area contributed by atoms with Gasteiger partial charge in [0.15, 0.2) is 12.4 Å². The molecule has 0 radical (unpaired) electrons. The summed E-state index contributed by atoms with van der Waals surface area (Å²) < 4.78 is 40.9. The van der Waals surface area contributed by atoms with Crippen molar-refractivity contribution in [3.8, 4) is 5.88 Å². The normalized spacial score (nSPS) is 17.5. The topological polar surface area (TPSA) is 51.2 Å². The van der Waals surface area contributed by atoms with Gasteiger partial charge >= 0.3 is 6.18 Å². The Kier molecular flexibility index (Phi) is 6.11. The standard InChI is InChI=1S/C20H21F3N2O2/c21-20(22,23)13-27-19-8-7-17(12-25-19)18(26)10-14-3-5-15(6-4-14)16-2-1-9-24-11-16/h3-8,12,16,24H,1-2,9-11,13H2/t16-/m1/s1. The molecule has 2 heterocycles. The second-order valence-corrected chi connectivity index (χ2v) is 6.67. The number of carbonyl (C=O) groups excluding carboxylic acids is 1. The van der Waals surface area contributed by atoms with Crippen LogP contribution in [0.5, 0.6) is 5.88 Å². The van der Waals surface area contributed by atoms with Crippen molar-refractivity contribution in [1.29, 1.82) is 0 Å². The molecular formula is C20H21F3N2O2. The summed E-state index contributed by atoms with van der Waals surface area (Å²) in [6.45, 7) is 0.639. The number of benzene rings is 1. The van der Waals surface area contributed by atoms with Gasteiger partial charge in [0.1, 0.15) is 0 Å². The van der Waals surface area contributed by atoms with E-state index in [2.05, 4.69) is 27.2 Å². The molecule has 2 aromatic rings. The van der Waals surface area contributed by atoms with Gasteiger partial charge in [0.05, 0.1) is 0 Å². The van der Waals surface area contributed by atoms with E-state index in [1.165, 1.54) is 36.7 Å². The number of halogens is 3. The lowest BCUT2D eigenvalue weighted by Crippen LogP contribution is -2.28. The fraction of sp³-hybridized carbons (Fsp3) is 0.400. The number of aromatic nitrogens is 1. The summed E-state index contributed by atoms with van der Waals surface area (Å²) in [6, 6.07) is 10.7. The molecule has 1 aromatic heterocycles. The van der Waals surface area contributed by atoms with Crippen molar-refractivity contribution in [3.63, 3.8) is 0 Å². The molecule has 0 unspecified atom stereocenters. The van der Waals surface area contributed by atoms with Crippen LogP contribution in [0, 0.1) is 0 Å². The number of nitrogens with zero attached hydrogens (tertiary/aromatic N) is 1. The molecule has 0 bridgehead atoms. The zero-order valence-corrected chi connectivity index (χ0v) is 14.8. The minimum atomic E-state index is -4.42. The predicted octanol–water partition coefficient (Wildman–Crippen LogP) is 3.92. The Labute approximate surface area is 155 Å². The summed E-state index contributed by atoms with van der Waals surface area (Å²) in [4.78, 5) is 16.1. The first-order valence-electron chi connectivity index (χ1n) is 8.89. The number of carbonyl (C=O) groups is 1.